The molecule has 82 valence electrons. The Morgan fingerprint density at radius 2 is 2.07 bits per heavy atom. The first-order valence-corrected chi connectivity index (χ1v) is 5.45. The lowest BCUT2D eigenvalue weighted by atomic mass is 10.2. The Labute approximate surface area is 85.8 Å². The molecule has 1 aliphatic rings. The predicted octanol–water partition coefficient (Wildman–Crippen LogP) is 2.14. The van der Waals surface area contributed by atoms with Gasteiger partial charge in [0.2, 0.25) is 0 Å². The molecule has 0 N–H and O–H groups in total. The van der Waals surface area contributed by atoms with Gasteiger partial charge in [-0.1, -0.05) is 20.8 Å². The summed E-state index contributed by atoms with van der Waals surface area (Å²) >= 11 is 0. The quantitative estimate of drug-likeness (QED) is 0.652. The van der Waals surface area contributed by atoms with E-state index >= 15 is 0 Å². The summed E-state index contributed by atoms with van der Waals surface area (Å²) < 4.78 is 10.8. The van der Waals surface area contributed by atoms with E-state index in [1.165, 1.54) is 0 Å². The highest BCUT2D eigenvalue weighted by atomic mass is 16.6. The summed E-state index contributed by atoms with van der Waals surface area (Å²) in [5.74, 6) is -0.174. The van der Waals surface area contributed by atoms with Gasteiger partial charge in [-0.2, -0.15) is 0 Å². The summed E-state index contributed by atoms with van der Waals surface area (Å²) in [5, 5.41) is 0. The Kier molecular flexibility index (Phi) is 4.39. The van der Waals surface area contributed by atoms with Crippen molar-refractivity contribution in [3.63, 3.8) is 0 Å². The highest BCUT2D eigenvalue weighted by molar-refractivity contribution is 5.71. The van der Waals surface area contributed by atoms with Gasteiger partial charge in [0.05, 0.1) is 18.1 Å². The van der Waals surface area contributed by atoms with Crippen molar-refractivity contribution in [1.82, 2.24) is 0 Å². The molecule has 0 spiro atoms. The van der Waals surface area contributed by atoms with Crippen molar-refractivity contribution in [3.05, 3.63) is 0 Å². The van der Waals surface area contributed by atoms with E-state index in [9.17, 15) is 4.79 Å². The SMILES string of the molecule is CC[C@H]1CC[C@@H](COC(=O)C(C)C)O1. The van der Waals surface area contributed by atoms with Crippen molar-refractivity contribution in [2.75, 3.05) is 6.61 Å². The molecule has 0 aromatic carbocycles. The van der Waals surface area contributed by atoms with Crippen LogP contribution in [0.3, 0.4) is 0 Å². The third-order valence-corrected chi connectivity index (χ3v) is 2.53. The van der Waals surface area contributed by atoms with E-state index in [1.54, 1.807) is 0 Å². The third-order valence-electron chi connectivity index (χ3n) is 2.53. The highest BCUT2D eigenvalue weighted by Gasteiger charge is 2.25. The van der Waals surface area contributed by atoms with E-state index in [1.807, 2.05) is 13.8 Å². The van der Waals surface area contributed by atoms with Crippen LogP contribution in [-0.4, -0.2) is 24.8 Å². The van der Waals surface area contributed by atoms with Gasteiger partial charge < -0.3 is 9.47 Å². The zero-order valence-electron chi connectivity index (χ0n) is 9.29. The second-order valence-corrected chi connectivity index (χ2v) is 4.15. The highest BCUT2D eigenvalue weighted by Crippen LogP contribution is 2.22. The van der Waals surface area contributed by atoms with E-state index in [4.69, 9.17) is 9.47 Å². The number of esters is 1. The number of hydrogen-bond acceptors (Lipinski definition) is 3. The number of rotatable bonds is 4. The molecular weight excluding hydrogens is 180 g/mol. The fraction of sp³-hybridized carbons (Fsp3) is 0.909. The molecule has 1 aliphatic heterocycles. The molecule has 0 radical (unpaired) electrons. The van der Waals surface area contributed by atoms with Crippen molar-refractivity contribution >= 4 is 5.97 Å². The molecule has 3 nitrogen and oxygen atoms in total. The molecule has 1 rings (SSSR count). The fourth-order valence-corrected chi connectivity index (χ4v) is 1.54. The van der Waals surface area contributed by atoms with Crippen LogP contribution in [0.1, 0.15) is 40.0 Å². The van der Waals surface area contributed by atoms with Gasteiger partial charge in [-0.25, -0.2) is 0 Å². The first-order valence-electron chi connectivity index (χ1n) is 5.45. The molecule has 0 saturated carbocycles. The van der Waals surface area contributed by atoms with Crippen molar-refractivity contribution in [3.8, 4) is 0 Å². The number of hydrogen-bond donors (Lipinski definition) is 0. The molecule has 1 saturated heterocycles. The molecule has 0 aliphatic carbocycles. The Morgan fingerprint density at radius 3 is 2.57 bits per heavy atom. The normalized spacial score (nSPS) is 26.9. The van der Waals surface area contributed by atoms with Crippen molar-refractivity contribution in [2.45, 2.75) is 52.2 Å². The van der Waals surface area contributed by atoms with Gasteiger partial charge in [-0.15, -0.1) is 0 Å². The van der Waals surface area contributed by atoms with Gasteiger partial charge in [-0.3, -0.25) is 4.79 Å². The summed E-state index contributed by atoms with van der Waals surface area (Å²) in [5.41, 5.74) is 0. The van der Waals surface area contributed by atoms with Gasteiger partial charge >= 0.3 is 5.97 Å². The van der Waals surface area contributed by atoms with Crippen LogP contribution in [0, 0.1) is 5.92 Å². The van der Waals surface area contributed by atoms with E-state index in [0.29, 0.717) is 12.7 Å². The topological polar surface area (TPSA) is 35.5 Å². The Balaban J connectivity index is 2.17. The summed E-state index contributed by atoms with van der Waals surface area (Å²) in [6, 6.07) is 0. The lowest BCUT2D eigenvalue weighted by Crippen LogP contribution is -2.21. The largest absolute Gasteiger partial charge is 0.463 e. The first kappa shape index (κ1) is 11.5. The minimum absolute atomic E-state index is 0.0432. The average molecular weight is 200 g/mol. The van der Waals surface area contributed by atoms with Gasteiger partial charge in [0.25, 0.3) is 0 Å². The van der Waals surface area contributed by atoms with E-state index in [-0.39, 0.29) is 18.0 Å². The van der Waals surface area contributed by atoms with Crippen LogP contribution in [0.15, 0.2) is 0 Å². The maximum absolute atomic E-state index is 11.2. The molecule has 1 fully saturated rings. The Hall–Kier alpha value is -0.570. The molecule has 1 heterocycles. The lowest BCUT2D eigenvalue weighted by molar-refractivity contribution is -0.151. The summed E-state index contributed by atoms with van der Waals surface area (Å²) in [6.45, 7) is 6.22. The monoisotopic (exact) mass is 200 g/mol. The van der Waals surface area contributed by atoms with Crippen LogP contribution in [0.2, 0.25) is 0 Å². The lowest BCUT2D eigenvalue weighted by Gasteiger charge is -2.13. The maximum atomic E-state index is 11.2. The maximum Gasteiger partial charge on any atom is 0.308 e. The van der Waals surface area contributed by atoms with Crippen molar-refractivity contribution in [1.29, 1.82) is 0 Å². The molecule has 2 atom stereocenters. The van der Waals surface area contributed by atoms with Gasteiger partial charge in [-0.05, 0) is 19.3 Å². The molecule has 0 aromatic heterocycles. The van der Waals surface area contributed by atoms with Crippen molar-refractivity contribution in [2.24, 2.45) is 5.92 Å². The van der Waals surface area contributed by atoms with E-state index < -0.39 is 0 Å². The third kappa shape index (κ3) is 3.29. The molecule has 0 amide bonds. The predicted molar refractivity (Wildman–Crippen MR) is 54.0 cm³/mol. The van der Waals surface area contributed by atoms with Crippen LogP contribution in [0.5, 0.6) is 0 Å². The second kappa shape index (κ2) is 5.35. The van der Waals surface area contributed by atoms with E-state index in [2.05, 4.69) is 6.92 Å². The molecular formula is C11H20O3. The smallest absolute Gasteiger partial charge is 0.308 e. The molecule has 14 heavy (non-hydrogen) atoms. The zero-order chi connectivity index (χ0) is 10.6. The number of carbonyl (C=O) groups excluding carboxylic acids is 1. The summed E-state index contributed by atoms with van der Waals surface area (Å²) in [7, 11) is 0. The standard InChI is InChI=1S/C11H20O3/c1-4-9-5-6-10(14-9)7-13-11(12)8(2)3/h8-10H,4-7H2,1-3H3/t9-,10-/m0/s1. The minimum atomic E-state index is -0.131. The molecule has 0 bridgehead atoms. The Morgan fingerprint density at radius 1 is 1.43 bits per heavy atom. The molecule has 0 unspecified atom stereocenters. The zero-order valence-corrected chi connectivity index (χ0v) is 9.29. The van der Waals surface area contributed by atoms with Crippen LogP contribution >= 0.6 is 0 Å². The number of carbonyl (C=O) groups is 1. The summed E-state index contributed by atoms with van der Waals surface area (Å²) in [6.07, 6.45) is 3.67. The Bertz CT molecular complexity index is 189. The number of ether oxygens (including phenoxy) is 2. The van der Waals surface area contributed by atoms with Crippen LogP contribution in [-0.2, 0) is 14.3 Å². The van der Waals surface area contributed by atoms with Crippen molar-refractivity contribution < 1.29 is 14.3 Å². The van der Waals surface area contributed by atoms with Gasteiger partial charge in [0.15, 0.2) is 0 Å². The van der Waals surface area contributed by atoms with E-state index in [0.717, 1.165) is 19.3 Å². The van der Waals surface area contributed by atoms with Gasteiger partial charge in [0, 0.05) is 0 Å². The summed E-state index contributed by atoms with van der Waals surface area (Å²) in [4.78, 5) is 11.2. The molecule has 3 heteroatoms. The van der Waals surface area contributed by atoms with Crippen LogP contribution < -0.4 is 0 Å². The molecule has 0 aromatic rings. The van der Waals surface area contributed by atoms with Crippen LogP contribution in [0.4, 0.5) is 0 Å². The van der Waals surface area contributed by atoms with Gasteiger partial charge in [0.1, 0.15) is 6.61 Å². The fourth-order valence-electron chi connectivity index (χ4n) is 1.54. The second-order valence-electron chi connectivity index (χ2n) is 4.15. The van der Waals surface area contributed by atoms with Crippen LogP contribution in [0.25, 0.3) is 0 Å². The minimum Gasteiger partial charge on any atom is -0.463 e. The average Bonchev–Trinajstić information content (AvgIpc) is 2.61. The first-order chi connectivity index (χ1) is 6.63.